The highest BCUT2D eigenvalue weighted by Gasteiger charge is 2.18. The van der Waals surface area contributed by atoms with Crippen molar-refractivity contribution in [3.8, 4) is 0 Å². The van der Waals surface area contributed by atoms with Gasteiger partial charge in [-0.2, -0.15) is 0 Å². The smallest absolute Gasteiger partial charge is 0.123 e. The molecule has 1 fully saturated rings. The summed E-state index contributed by atoms with van der Waals surface area (Å²) in [5.41, 5.74) is 7.52. The van der Waals surface area contributed by atoms with Gasteiger partial charge in [-0.25, -0.2) is 4.39 Å². The van der Waals surface area contributed by atoms with E-state index in [9.17, 15) is 4.39 Å². The van der Waals surface area contributed by atoms with Gasteiger partial charge in [-0.05, 0) is 30.7 Å². The minimum Gasteiger partial charge on any atom is -0.375 e. The van der Waals surface area contributed by atoms with E-state index in [1.807, 2.05) is 6.92 Å². The summed E-state index contributed by atoms with van der Waals surface area (Å²) in [5.74, 6) is -0.231. The molecular weight excluding hydrogens is 207 g/mol. The Balaban J connectivity index is 2.24. The van der Waals surface area contributed by atoms with Gasteiger partial charge in [-0.15, -0.1) is 0 Å². The Hall–Kier alpha value is -1.13. The van der Waals surface area contributed by atoms with E-state index in [1.54, 1.807) is 6.07 Å². The van der Waals surface area contributed by atoms with Gasteiger partial charge in [0.1, 0.15) is 5.82 Å². The molecule has 1 aliphatic heterocycles. The molecule has 0 bridgehead atoms. The van der Waals surface area contributed by atoms with Gasteiger partial charge < -0.3 is 15.4 Å². The van der Waals surface area contributed by atoms with Crippen LogP contribution in [-0.4, -0.2) is 25.8 Å². The van der Waals surface area contributed by atoms with Gasteiger partial charge in [0.05, 0.1) is 12.7 Å². The topological polar surface area (TPSA) is 38.5 Å². The number of morpholine rings is 1. The zero-order chi connectivity index (χ0) is 11.5. The van der Waals surface area contributed by atoms with Gasteiger partial charge >= 0.3 is 0 Å². The van der Waals surface area contributed by atoms with Crippen molar-refractivity contribution in [1.29, 1.82) is 0 Å². The largest absolute Gasteiger partial charge is 0.375 e. The number of halogens is 1. The molecule has 1 atom stereocenters. The maximum absolute atomic E-state index is 13.1. The molecule has 0 radical (unpaired) electrons. The van der Waals surface area contributed by atoms with Gasteiger partial charge in [0.2, 0.25) is 0 Å². The molecule has 0 amide bonds. The molecule has 0 aliphatic carbocycles. The normalized spacial score (nSPS) is 21.2. The summed E-state index contributed by atoms with van der Waals surface area (Å²) < 4.78 is 18.6. The number of hydrogen-bond donors (Lipinski definition) is 1. The zero-order valence-electron chi connectivity index (χ0n) is 9.45. The fourth-order valence-electron chi connectivity index (χ4n) is 2.06. The molecule has 88 valence electrons. The Kier molecular flexibility index (Phi) is 3.41. The van der Waals surface area contributed by atoms with Gasteiger partial charge in [0, 0.05) is 25.3 Å². The summed E-state index contributed by atoms with van der Waals surface area (Å²) in [6.07, 6.45) is 0.212. The molecular formula is C12H17FN2O. The van der Waals surface area contributed by atoms with Crippen molar-refractivity contribution in [3.05, 3.63) is 29.6 Å². The summed E-state index contributed by atoms with van der Waals surface area (Å²) >= 11 is 0. The predicted octanol–water partition coefficient (Wildman–Crippen LogP) is 1.51. The molecule has 0 aromatic heterocycles. The van der Waals surface area contributed by atoms with Gasteiger partial charge in [-0.3, -0.25) is 0 Å². The third-order valence-corrected chi connectivity index (χ3v) is 2.84. The standard InChI is InChI=1S/C12H17FN2O/c1-9-8-15(4-5-16-9)12-3-2-11(13)6-10(12)7-14/h2-3,6,9H,4-5,7-8,14H2,1H3. The van der Waals surface area contributed by atoms with E-state index in [2.05, 4.69) is 4.90 Å². The number of ether oxygens (including phenoxy) is 1. The minimum atomic E-state index is -0.231. The lowest BCUT2D eigenvalue weighted by atomic mass is 10.1. The Labute approximate surface area is 95.0 Å². The number of rotatable bonds is 2. The average Bonchev–Trinajstić information content (AvgIpc) is 2.28. The molecule has 1 heterocycles. The van der Waals surface area contributed by atoms with E-state index < -0.39 is 0 Å². The van der Waals surface area contributed by atoms with E-state index in [4.69, 9.17) is 10.5 Å². The van der Waals surface area contributed by atoms with Crippen molar-refractivity contribution in [2.45, 2.75) is 19.6 Å². The van der Waals surface area contributed by atoms with Gasteiger partial charge in [0.25, 0.3) is 0 Å². The molecule has 3 nitrogen and oxygen atoms in total. The second-order valence-electron chi connectivity index (χ2n) is 4.10. The first-order chi connectivity index (χ1) is 7.70. The quantitative estimate of drug-likeness (QED) is 0.827. The SMILES string of the molecule is CC1CN(c2ccc(F)cc2CN)CCO1. The lowest BCUT2D eigenvalue weighted by Crippen LogP contribution is -2.41. The van der Waals surface area contributed by atoms with Crippen LogP contribution in [0.4, 0.5) is 10.1 Å². The number of hydrogen-bond acceptors (Lipinski definition) is 3. The summed E-state index contributed by atoms with van der Waals surface area (Å²) in [7, 11) is 0. The molecule has 1 aliphatic rings. The Morgan fingerprint density at radius 3 is 3.06 bits per heavy atom. The molecule has 1 unspecified atom stereocenters. The van der Waals surface area contributed by atoms with Crippen LogP contribution in [0.25, 0.3) is 0 Å². The minimum absolute atomic E-state index is 0.212. The number of nitrogens with two attached hydrogens (primary N) is 1. The number of benzene rings is 1. The Bertz CT molecular complexity index is 370. The van der Waals surface area contributed by atoms with E-state index in [1.165, 1.54) is 12.1 Å². The molecule has 1 aromatic rings. The van der Waals surface area contributed by atoms with Crippen molar-refractivity contribution in [2.75, 3.05) is 24.6 Å². The highest BCUT2D eigenvalue weighted by molar-refractivity contribution is 5.54. The maximum atomic E-state index is 13.1. The Morgan fingerprint density at radius 1 is 1.56 bits per heavy atom. The van der Waals surface area contributed by atoms with Crippen molar-refractivity contribution < 1.29 is 9.13 Å². The van der Waals surface area contributed by atoms with Crippen molar-refractivity contribution in [1.82, 2.24) is 0 Å². The second kappa shape index (κ2) is 4.80. The van der Waals surface area contributed by atoms with Gasteiger partial charge in [0.15, 0.2) is 0 Å². The van der Waals surface area contributed by atoms with Crippen LogP contribution < -0.4 is 10.6 Å². The first-order valence-electron chi connectivity index (χ1n) is 5.55. The summed E-state index contributed by atoms with van der Waals surface area (Å²) in [6, 6.07) is 4.79. The van der Waals surface area contributed by atoms with Crippen molar-refractivity contribution >= 4 is 5.69 Å². The second-order valence-corrected chi connectivity index (χ2v) is 4.10. The van der Waals surface area contributed by atoms with Crippen LogP contribution >= 0.6 is 0 Å². The fraction of sp³-hybridized carbons (Fsp3) is 0.500. The van der Waals surface area contributed by atoms with E-state index in [0.717, 1.165) is 24.3 Å². The van der Waals surface area contributed by atoms with Crippen LogP contribution in [0.2, 0.25) is 0 Å². The zero-order valence-corrected chi connectivity index (χ0v) is 9.45. The molecule has 0 spiro atoms. The van der Waals surface area contributed by atoms with Crippen LogP contribution in [0.1, 0.15) is 12.5 Å². The van der Waals surface area contributed by atoms with Crippen LogP contribution in [0.5, 0.6) is 0 Å². The van der Waals surface area contributed by atoms with Crippen LogP contribution in [0, 0.1) is 5.82 Å². The van der Waals surface area contributed by atoms with Crippen molar-refractivity contribution in [2.24, 2.45) is 5.73 Å². The highest BCUT2D eigenvalue weighted by Crippen LogP contribution is 2.23. The van der Waals surface area contributed by atoms with Gasteiger partial charge in [-0.1, -0.05) is 0 Å². The Morgan fingerprint density at radius 2 is 2.38 bits per heavy atom. The summed E-state index contributed by atoms with van der Waals surface area (Å²) in [6.45, 7) is 4.78. The fourth-order valence-corrected chi connectivity index (χ4v) is 2.06. The highest BCUT2D eigenvalue weighted by atomic mass is 19.1. The lowest BCUT2D eigenvalue weighted by molar-refractivity contribution is 0.0532. The van der Waals surface area contributed by atoms with Crippen molar-refractivity contribution in [3.63, 3.8) is 0 Å². The third kappa shape index (κ3) is 2.33. The number of anilines is 1. The van der Waals surface area contributed by atoms with Crippen LogP contribution in [0.3, 0.4) is 0 Å². The lowest BCUT2D eigenvalue weighted by Gasteiger charge is -2.34. The first kappa shape index (κ1) is 11.4. The van der Waals surface area contributed by atoms with E-state index in [-0.39, 0.29) is 11.9 Å². The molecule has 0 saturated carbocycles. The molecule has 4 heteroatoms. The average molecular weight is 224 g/mol. The van der Waals surface area contributed by atoms with Crippen LogP contribution in [0.15, 0.2) is 18.2 Å². The first-order valence-corrected chi connectivity index (χ1v) is 5.55. The number of nitrogens with zero attached hydrogens (tertiary/aromatic N) is 1. The third-order valence-electron chi connectivity index (χ3n) is 2.84. The summed E-state index contributed by atoms with van der Waals surface area (Å²) in [4.78, 5) is 2.20. The van der Waals surface area contributed by atoms with E-state index in [0.29, 0.717) is 13.2 Å². The molecule has 1 saturated heterocycles. The molecule has 16 heavy (non-hydrogen) atoms. The molecule has 1 aromatic carbocycles. The van der Waals surface area contributed by atoms with Crippen LogP contribution in [-0.2, 0) is 11.3 Å². The monoisotopic (exact) mass is 224 g/mol. The molecule has 2 rings (SSSR count). The summed E-state index contributed by atoms with van der Waals surface area (Å²) in [5, 5.41) is 0. The maximum Gasteiger partial charge on any atom is 0.123 e. The predicted molar refractivity (Wildman–Crippen MR) is 61.9 cm³/mol. The van der Waals surface area contributed by atoms with E-state index >= 15 is 0 Å². The molecule has 2 N–H and O–H groups in total.